The summed E-state index contributed by atoms with van der Waals surface area (Å²) < 4.78 is 16.2. The van der Waals surface area contributed by atoms with Crippen molar-refractivity contribution >= 4 is 0 Å². The molecule has 0 saturated carbocycles. The third-order valence-corrected chi connectivity index (χ3v) is 2.66. The van der Waals surface area contributed by atoms with Gasteiger partial charge >= 0.3 is 0 Å². The van der Waals surface area contributed by atoms with E-state index < -0.39 is 6.10 Å². The first-order chi connectivity index (χ1) is 8.26. The van der Waals surface area contributed by atoms with Crippen LogP contribution >= 0.6 is 0 Å². The Kier molecular flexibility index (Phi) is 3.71. The van der Waals surface area contributed by atoms with E-state index in [4.69, 9.17) is 19.9 Å². The highest BCUT2D eigenvalue weighted by Gasteiger charge is 2.20. The van der Waals surface area contributed by atoms with Crippen LogP contribution in [0.1, 0.15) is 12.5 Å². The SMILES string of the molecule is CCc1c(OC[C@H](O)CN)ccc2c1OCO2. The van der Waals surface area contributed by atoms with Crippen molar-refractivity contribution in [2.24, 2.45) is 5.73 Å². The van der Waals surface area contributed by atoms with Crippen molar-refractivity contribution in [1.82, 2.24) is 0 Å². The molecule has 0 fully saturated rings. The highest BCUT2D eigenvalue weighted by atomic mass is 16.7. The lowest BCUT2D eigenvalue weighted by molar-refractivity contribution is 0.113. The second kappa shape index (κ2) is 5.25. The Morgan fingerprint density at radius 1 is 1.47 bits per heavy atom. The molecule has 1 aliphatic rings. The van der Waals surface area contributed by atoms with E-state index in [9.17, 15) is 5.11 Å². The molecule has 94 valence electrons. The average Bonchev–Trinajstić information content (AvgIpc) is 2.83. The highest BCUT2D eigenvalue weighted by Crippen LogP contribution is 2.40. The van der Waals surface area contributed by atoms with Crippen LogP contribution < -0.4 is 19.9 Å². The maximum Gasteiger partial charge on any atom is 0.231 e. The van der Waals surface area contributed by atoms with Gasteiger partial charge in [0.25, 0.3) is 0 Å². The summed E-state index contributed by atoms with van der Waals surface area (Å²) in [6.07, 6.45) is 0.130. The number of rotatable bonds is 5. The fraction of sp³-hybridized carbons (Fsp3) is 0.500. The summed E-state index contributed by atoms with van der Waals surface area (Å²) >= 11 is 0. The van der Waals surface area contributed by atoms with Gasteiger partial charge in [-0.15, -0.1) is 0 Å². The minimum Gasteiger partial charge on any atom is -0.490 e. The zero-order chi connectivity index (χ0) is 12.3. The van der Waals surface area contributed by atoms with Crippen molar-refractivity contribution < 1.29 is 19.3 Å². The third-order valence-electron chi connectivity index (χ3n) is 2.66. The second-order valence-electron chi connectivity index (χ2n) is 3.83. The molecule has 0 amide bonds. The fourth-order valence-corrected chi connectivity index (χ4v) is 1.74. The Morgan fingerprint density at radius 3 is 3.00 bits per heavy atom. The second-order valence-corrected chi connectivity index (χ2v) is 3.83. The zero-order valence-corrected chi connectivity index (χ0v) is 9.81. The quantitative estimate of drug-likeness (QED) is 0.790. The van der Waals surface area contributed by atoms with E-state index >= 15 is 0 Å². The number of aliphatic hydroxyl groups excluding tert-OH is 1. The Hall–Kier alpha value is -1.46. The molecule has 0 bridgehead atoms. The summed E-state index contributed by atoms with van der Waals surface area (Å²) in [7, 11) is 0. The van der Waals surface area contributed by atoms with Gasteiger partial charge in [-0.2, -0.15) is 0 Å². The standard InChI is InChI=1S/C12H17NO4/c1-2-9-10(15-6-8(14)5-13)3-4-11-12(9)17-7-16-11/h3-4,8,14H,2,5-7,13H2,1H3/t8-/m1/s1. The molecule has 1 heterocycles. The smallest absolute Gasteiger partial charge is 0.231 e. The van der Waals surface area contributed by atoms with Crippen LogP contribution in [0.4, 0.5) is 0 Å². The van der Waals surface area contributed by atoms with E-state index in [2.05, 4.69) is 0 Å². The number of ether oxygens (including phenoxy) is 3. The number of fused-ring (bicyclic) bond motifs is 1. The summed E-state index contributed by atoms with van der Waals surface area (Å²) in [5.41, 5.74) is 6.28. The lowest BCUT2D eigenvalue weighted by atomic mass is 10.1. The van der Waals surface area contributed by atoms with Crippen LogP contribution in [-0.2, 0) is 6.42 Å². The first kappa shape index (κ1) is 12.0. The number of benzene rings is 1. The van der Waals surface area contributed by atoms with Crippen LogP contribution in [0.25, 0.3) is 0 Å². The van der Waals surface area contributed by atoms with Gasteiger partial charge in [-0.1, -0.05) is 6.92 Å². The first-order valence-electron chi connectivity index (χ1n) is 5.68. The largest absolute Gasteiger partial charge is 0.490 e. The van der Waals surface area contributed by atoms with Crippen LogP contribution in [-0.4, -0.2) is 31.2 Å². The van der Waals surface area contributed by atoms with Crippen molar-refractivity contribution in [3.63, 3.8) is 0 Å². The van der Waals surface area contributed by atoms with Gasteiger partial charge in [0.05, 0.1) is 0 Å². The van der Waals surface area contributed by atoms with Gasteiger partial charge in [-0.3, -0.25) is 0 Å². The molecule has 5 heteroatoms. The van der Waals surface area contributed by atoms with Crippen LogP contribution in [0.5, 0.6) is 17.2 Å². The fourth-order valence-electron chi connectivity index (χ4n) is 1.74. The molecule has 0 aromatic heterocycles. The van der Waals surface area contributed by atoms with Crippen molar-refractivity contribution in [2.45, 2.75) is 19.4 Å². The molecule has 5 nitrogen and oxygen atoms in total. The van der Waals surface area contributed by atoms with Gasteiger partial charge in [0.2, 0.25) is 6.79 Å². The topological polar surface area (TPSA) is 73.9 Å². The summed E-state index contributed by atoms with van der Waals surface area (Å²) in [4.78, 5) is 0. The predicted octanol–water partition coefficient (Wildman–Crippen LogP) is 0.676. The molecule has 0 saturated heterocycles. The van der Waals surface area contributed by atoms with Gasteiger partial charge in [0, 0.05) is 12.1 Å². The molecule has 1 aromatic rings. The van der Waals surface area contributed by atoms with E-state index in [1.165, 1.54) is 0 Å². The molecule has 1 atom stereocenters. The maximum atomic E-state index is 9.37. The maximum absolute atomic E-state index is 9.37. The highest BCUT2D eigenvalue weighted by molar-refractivity contribution is 5.55. The van der Waals surface area contributed by atoms with E-state index in [1.807, 2.05) is 19.1 Å². The van der Waals surface area contributed by atoms with Crippen molar-refractivity contribution in [2.75, 3.05) is 19.9 Å². The van der Waals surface area contributed by atoms with Gasteiger partial charge in [0.15, 0.2) is 11.5 Å². The van der Waals surface area contributed by atoms with E-state index in [-0.39, 0.29) is 19.9 Å². The number of hydrogen-bond donors (Lipinski definition) is 2. The Bertz CT molecular complexity index is 394. The molecule has 1 aliphatic heterocycles. The van der Waals surface area contributed by atoms with Crippen molar-refractivity contribution in [3.05, 3.63) is 17.7 Å². The lowest BCUT2D eigenvalue weighted by Crippen LogP contribution is -2.26. The predicted molar refractivity (Wildman–Crippen MR) is 62.5 cm³/mol. The summed E-state index contributed by atoms with van der Waals surface area (Å²) in [5.74, 6) is 2.20. The summed E-state index contributed by atoms with van der Waals surface area (Å²) in [6.45, 7) is 2.63. The minimum absolute atomic E-state index is 0.184. The minimum atomic E-state index is -0.648. The molecule has 3 N–H and O–H groups in total. The number of aliphatic hydroxyl groups is 1. The third kappa shape index (κ3) is 2.45. The van der Waals surface area contributed by atoms with E-state index in [1.54, 1.807) is 0 Å². The van der Waals surface area contributed by atoms with Gasteiger partial charge in [-0.05, 0) is 18.6 Å². The van der Waals surface area contributed by atoms with Gasteiger partial charge in [-0.25, -0.2) is 0 Å². The van der Waals surface area contributed by atoms with Gasteiger partial charge in [0.1, 0.15) is 18.5 Å². The molecule has 1 aromatic carbocycles. The van der Waals surface area contributed by atoms with Crippen LogP contribution in [0.2, 0.25) is 0 Å². The number of nitrogens with two attached hydrogens (primary N) is 1. The molecule has 0 radical (unpaired) electrons. The molecule has 0 aliphatic carbocycles. The Balaban J connectivity index is 2.17. The summed E-state index contributed by atoms with van der Waals surface area (Å²) in [6, 6.07) is 3.64. The van der Waals surface area contributed by atoms with Crippen LogP contribution in [0.3, 0.4) is 0 Å². The van der Waals surface area contributed by atoms with Crippen molar-refractivity contribution in [1.29, 1.82) is 0 Å². The molecule has 2 rings (SSSR count). The van der Waals surface area contributed by atoms with E-state index in [0.29, 0.717) is 5.75 Å². The van der Waals surface area contributed by atoms with Gasteiger partial charge < -0.3 is 25.1 Å². The summed E-state index contributed by atoms with van der Waals surface area (Å²) in [5, 5.41) is 9.37. The molecular weight excluding hydrogens is 222 g/mol. The Labute approximate surface area is 100 Å². The monoisotopic (exact) mass is 239 g/mol. The lowest BCUT2D eigenvalue weighted by Gasteiger charge is -2.14. The molecule has 0 unspecified atom stereocenters. The zero-order valence-electron chi connectivity index (χ0n) is 9.81. The van der Waals surface area contributed by atoms with Crippen molar-refractivity contribution in [3.8, 4) is 17.2 Å². The van der Waals surface area contributed by atoms with E-state index in [0.717, 1.165) is 23.5 Å². The molecular formula is C12H17NO4. The first-order valence-corrected chi connectivity index (χ1v) is 5.68. The normalized spacial score (nSPS) is 14.8. The average molecular weight is 239 g/mol. The molecule has 0 spiro atoms. The number of hydrogen-bond acceptors (Lipinski definition) is 5. The van der Waals surface area contributed by atoms with Crippen LogP contribution in [0.15, 0.2) is 12.1 Å². The van der Waals surface area contributed by atoms with Crippen LogP contribution in [0, 0.1) is 0 Å². The molecule has 17 heavy (non-hydrogen) atoms. The Morgan fingerprint density at radius 2 is 2.29 bits per heavy atom.